The highest BCUT2D eigenvalue weighted by Crippen LogP contribution is 2.29. The van der Waals surface area contributed by atoms with Crippen molar-refractivity contribution < 1.29 is 18.0 Å². The molecule has 0 radical (unpaired) electrons. The third-order valence-corrected chi connectivity index (χ3v) is 4.07. The Bertz CT molecular complexity index is 839. The van der Waals surface area contributed by atoms with Crippen LogP contribution in [0, 0.1) is 0 Å². The van der Waals surface area contributed by atoms with Crippen molar-refractivity contribution in [2.45, 2.75) is 18.6 Å². The number of carbonyl (C=O) groups is 1. The SMILES string of the molecule is O=C(Cc1ccc(C(F)(F)F)cc1)NC(c1ccccc1)c1ccccn1. The van der Waals surface area contributed by atoms with Gasteiger partial charge in [-0.25, -0.2) is 0 Å². The Labute approximate surface area is 154 Å². The van der Waals surface area contributed by atoms with E-state index in [1.54, 1.807) is 12.3 Å². The minimum atomic E-state index is -4.39. The first-order valence-electron chi connectivity index (χ1n) is 8.35. The Morgan fingerprint density at radius 2 is 1.59 bits per heavy atom. The maximum Gasteiger partial charge on any atom is 0.416 e. The highest BCUT2D eigenvalue weighted by atomic mass is 19.4. The van der Waals surface area contributed by atoms with Crippen LogP contribution in [0.25, 0.3) is 0 Å². The third-order valence-electron chi connectivity index (χ3n) is 4.07. The van der Waals surface area contributed by atoms with Crippen LogP contribution in [0.5, 0.6) is 0 Å². The number of alkyl halides is 3. The summed E-state index contributed by atoms with van der Waals surface area (Å²) in [4.78, 5) is 16.8. The number of halogens is 3. The fraction of sp³-hybridized carbons (Fsp3) is 0.143. The van der Waals surface area contributed by atoms with Crippen LogP contribution in [0.15, 0.2) is 79.0 Å². The molecular formula is C21H17F3N2O. The number of rotatable bonds is 5. The molecule has 138 valence electrons. The Hall–Kier alpha value is -3.15. The molecule has 6 heteroatoms. The number of hydrogen-bond acceptors (Lipinski definition) is 2. The normalized spacial score (nSPS) is 12.4. The topological polar surface area (TPSA) is 42.0 Å². The van der Waals surface area contributed by atoms with Gasteiger partial charge in [-0.2, -0.15) is 13.2 Å². The number of pyridine rings is 1. The van der Waals surface area contributed by atoms with Gasteiger partial charge >= 0.3 is 6.18 Å². The van der Waals surface area contributed by atoms with Gasteiger partial charge in [0, 0.05) is 6.20 Å². The second-order valence-corrected chi connectivity index (χ2v) is 6.04. The highest BCUT2D eigenvalue weighted by molar-refractivity contribution is 5.79. The number of amides is 1. The molecule has 0 spiro atoms. The van der Waals surface area contributed by atoms with Crippen LogP contribution in [0.2, 0.25) is 0 Å². The van der Waals surface area contributed by atoms with Gasteiger partial charge < -0.3 is 5.32 Å². The van der Waals surface area contributed by atoms with Crippen LogP contribution in [0.1, 0.15) is 28.4 Å². The lowest BCUT2D eigenvalue weighted by Gasteiger charge is -2.19. The molecule has 0 saturated heterocycles. The van der Waals surface area contributed by atoms with Crippen molar-refractivity contribution in [1.82, 2.24) is 10.3 Å². The molecule has 3 rings (SSSR count). The number of benzene rings is 2. The van der Waals surface area contributed by atoms with Gasteiger partial charge in [-0.1, -0.05) is 48.5 Å². The fourth-order valence-electron chi connectivity index (χ4n) is 2.73. The summed E-state index contributed by atoms with van der Waals surface area (Å²) >= 11 is 0. The molecule has 2 aromatic carbocycles. The Kier molecular flexibility index (Phi) is 5.54. The first kappa shape index (κ1) is 18.6. The van der Waals surface area contributed by atoms with Crippen LogP contribution in [0.3, 0.4) is 0 Å². The molecule has 1 amide bonds. The molecule has 0 aliphatic heterocycles. The second-order valence-electron chi connectivity index (χ2n) is 6.04. The first-order valence-corrected chi connectivity index (χ1v) is 8.35. The van der Waals surface area contributed by atoms with Crippen molar-refractivity contribution in [3.63, 3.8) is 0 Å². The average Bonchev–Trinajstić information content (AvgIpc) is 2.67. The molecule has 1 atom stereocenters. The zero-order chi connectivity index (χ0) is 19.3. The van der Waals surface area contributed by atoms with Gasteiger partial charge in [-0.05, 0) is 35.4 Å². The van der Waals surface area contributed by atoms with E-state index in [9.17, 15) is 18.0 Å². The van der Waals surface area contributed by atoms with Gasteiger partial charge in [0.1, 0.15) is 0 Å². The molecule has 3 aromatic rings. The highest BCUT2D eigenvalue weighted by Gasteiger charge is 2.30. The predicted octanol–water partition coefficient (Wildman–Crippen LogP) is 4.55. The second kappa shape index (κ2) is 8.03. The summed E-state index contributed by atoms with van der Waals surface area (Å²) in [5.74, 6) is -0.297. The van der Waals surface area contributed by atoms with E-state index in [1.165, 1.54) is 12.1 Å². The standard InChI is InChI=1S/C21H17F3N2O/c22-21(23,24)17-11-9-15(10-12-17)14-19(27)26-20(16-6-2-1-3-7-16)18-8-4-5-13-25-18/h1-13,20H,14H2,(H,26,27). The summed E-state index contributed by atoms with van der Waals surface area (Å²) in [6, 6.07) is 19.0. The fourth-order valence-corrected chi connectivity index (χ4v) is 2.73. The molecule has 0 bridgehead atoms. The Balaban J connectivity index is 1.75. The summed E-state index contributed by atoms with van der Waals surface area (Å²) in [5, 5.41) is 2.92. The van der Waals surface area contributed by atoms with E-state index in [2.05, 4.69) is 10.3 Å². The number of carbonyl (C=O) groups excluding carboxylic acids is 1. The van der Waals surface area contributed by atoms with Crippen molar-refractivity contribution in [3.8, 4) is 0 Å². The van der Waals surface area contributed by atoms with Gasteiger partial charge in [0.2, 0.25) is 5.91 Å². The molecule has 0 saturated carbocycles. The zero-order valence-corrected chi connectivity index (χ0v) is 14.3. The number of hydrogen-bond donors (Lipinski definition) is 1. The molecule has 3 nitrogen and oxygen atoms in total. The van der Waals surface area contributed by atoms with E-state index < -0.39 is 17.8 Å². The average molecular weight is 370 g/mol. The monoisotopic (exact) mass is 370 g/mol. The number of nitrogens with zero attached hydrogens (tertiary/aromatic N) is 1. The molecule has 27 heavy (non-hydrogen) atoms. The maximum atomic E-state index is 12.6. The largest absolute Gasteiger partial charge is 0.416 e. The smallest absolute Gasteiger partial charge is 0.343 e. The Morgan fingerprint density at radius 1 is 0.926 bits per heavy atom. The minimum absolute atomic E-state index is 0.0195. The molecule has 0 fully saturated rings. The maximum absolute atomic E-state index is 12.6. The van der Waals surface area contributed by atoms with Crippen LogP contribution >= 0.6 is 0 Å². The lowest BCUT2D eigenvalue weighted by Crippen LogP contribution is -2.31. The molecular weight excluding hydrogens is 353 g/mol. The lowest BCUT2D eigenvalue weighted by atomic mass is 10.0. The van der Waals surface area contributed by atoms with E-state index >= 15 is 0 Å². The van der Waals surface area contributed by atoms with Crippen LogP contribution in [-0.2, 0) is 17.4 Å². The van der Waals surface area contributed by atoms with E-state index in [0.717, 1.165) is 17.7 Å². The van der Waals surface area contributed by atoms with E-state index in [1.807, 2.05) is 42.5 Å². The number of nitrogens with one attached hydrogen (secondary N) is 1. The summed E-state index contributed by atoms with van der Waals surface area (Å²) in [6.45, 7) is 0. The van der Waals surface area contributed by atoms with Crippen molar-refractivity contribution >= 4 is 5.91 Å². The van der Waals surface area contributed by atoms with E-state index in [0.29, 0.717) is 11.3 Å². The quantitative estimate of drug-likeness (QED) is 0.716. The van der Waals surface area contributed by atoms with Crippen molar-refractivity contribution in [2.24, 2.45) is 0 Å². The van der Waals surface area contributed by atoms with Gasteiger partial charge in [0.05, 0.1) is 23.7 Å². The van der Waals surface area contributed by atoms with Gasteiger partial charge in [-0.15, -0.1) is 0 Å². The molecule has 1 N–H and O–H groups in total. The van der Waals surface area contributed by atoms with Crippen molar-refractivity contribution in [3.05, 3.63) is 101 Å². The first-order chi connectivity index (χ1) is 12.9. The van der Waals surface area contributed by atoms with E-state index in [-0.39, 0.29) is 12.3 Å². The summed E-state index contributed by atoms with van der Waals surface area (Å²) < 4.78 is 37.9. The van der Waals surface area contributed by atoms with Crippen molar-refractivity contribution in [2.75, 3.05) is 0 Å². The number of aromatic nitrogens is 1. The van der Waals surface area contributed by atoms with Crippen LogP contribution in [0.4, 0.5) is 13.2 Å². The molecule has 1 unspecified atom stereocenters. The molecule has 1 heterocycles. The summed E-state index contributed by atoms with van der Waals surface area (Å²) in [7, 11) is 0. The molecule has 0 aliphatic carbocycles. The minimum Gasteiger partial charge on any atom is -0.343 e. The van der Waals surface area contributed by atoms with Gasteiger partial charge in [-0.3, -0.25) is 9.78 Å². The van der Waals surface area contributed by atoms with Crippen molar-refractivity contribution in [1.29, 1.82) is 0 Å². The third kappa shape index (κ3) is 4.94. The summed E-state index contributed by atoms with van der Waals surface area (Å²) in [6.07, 6.45) is -2.76. The molecule has 0 aliphatic rings. The summed E-state index contributed by atoms with van der Waals surface area (Å²) in [5.41, 5.74) is 1.33. The molecule has 1 aromatic heterocycles. The zero-order valence-electron chi connectivity index (χ0n) is 14.3. The predicted molar refractivity (Wildman–Crippen MR) is 95.8 cm³/mol. The van der Waals surface area contributed by atoms with Gasteiger partial charge in [0.15, 0.2) is 0 Å². The van der Waals surface area contributed by atoms with Crippen LogP contribution in [-0.4, -0.2) is 10.9 Å². The van der Waals surface area contributed by atoms with E-state index in [4.69, 9.17) is 0 Å². The van der Waals surface area contributed by atoms with Crippen LogP contribution < -0.4 is 5.32 Å². The Morgan fingerprint density at radius 3 is 2.19 bits per heavy atom. The lowest BCUT2D eigenvalue weighted by molar-refractivity contribution is -0.137. The van der Waals surface area contributed by atoms with Gasteiger partial charge in [0.25, 0.3) is 0 Å².